The van der Waals surface area contributed by atoms with Crippen molar-refractivity contribution in [1.82, 2.24) is 4.98 Å². The van der Waals surface area contributed by atoms with E-state index in [1.54, 1.807) is 0 Å². The van der Waals surface area contributed by atoms with Crippen LogP contribution in [0.3, 0.4) is 0 Å². The summed E-state index contributed by atoms with van der Waals surface area (Å²) in [6, 6.07) is 10.4. The Balaban J connectivity index is 2.79. The van der Waals surface area contributed by atoms with Gasteiger partial charge in [0.1, 0.15) is 0 Å². The van der Waals surface area contributed by atoms with E-state index < -0.39 is 0 Å². The van der Waals surface area contributed by atoms with Crippen molar-refractivity contribution in [3.05, 3.63) is 36.5 Å². The minimum atomic E-state index is 1.14. The topological polar surface area (TPSA) is 12.9 Å². The second kappa shape index (κ2) is 3.56. The third-order valence-corrected chi connectivity index (χ3v) is 4.35. The normalized spacial score (nSPS) is 10.3. The molecule has 1 nitrogen and oxygen atoms in total. The second-order valence-electron chi connectivity index (χ2n) is 2.48. The van der Waals surface area contributed by atoms with Crippen molar-refractivity contribution in [1.29, 1.82) is 0 Å². The monoisotopic (exact) mass is 230 g/mol. The van der Waals surface area contributed by atoms with Crippen molar-refractivity contribution in [2.75, 3.05) is 0 Å². The summed E-state index contributed by atoms with van der Waals surface area (Å²) >= 11 is 1.22. The Hall–Kier alpha value is -0.384. The SMILES string of the molecule is [GaH][S]c1cccc2cccnc12. The average Bonchev–Trinajstić information content (AvgIpc) is 2.17. The van der Waals surface area contributed by atoms with Crippen molar-refractivity contribution in [2.24, 2.45) is 0 Å². The number of aromatic nitrogens is 1. The quantitative estimate of drug-likeness (QED) is 0.697. The van der Waals surface area contributed by atoms with Gasteiger partial charge in [-0.3, -0.25) is 0 Å². The van der Waals surface area contributed by atoms with Crippen LogP contribution < -0.4 is 0 Å². The van der Waals surface area contributed by atoms with Gasteiger partial charge in [0.05, 0.1) is 0 Å². The molecule has 0 spiro atoms. The molecule has 0 unspecified atom stereocenters. The Morgan fingerprint density at radius 1 is 1.17 bits per heavy atom. The van der Waals surface area contributed by atoms with E-state index in [0.29, 0.717) is 0 Å². The molecule has 0 N–H and O–H groups in total. The van der Waals surface area contributed by atoms with Crippen LogP contribution in [0.2, 0.25) is 0 Å². The summed E-state index contributed by atoms with van der Waals surface area (Å²) in [5.74, 6) is 0. The van der Waals surface area contributed by atoms with Gasteiger partial charge in [-0.1, -0.05) is 0 Å². The summed E-state index contributed by atoms with van der Waals surface area (Å²) in [4.78, 5) is 5.65. The fourth-order valence-corrected chi connectivity index (χ4v) is 3.14. The molecule has 0 saturated heterocycles. The number of pyridine rings is 1. The number of fused-ring (bicyclic) bond motifs is 1. The average molecular weight is 231 g/mol. The van der Waals surface area contributed by atoms with E-state index in [1.165, 1.54) is 27.7 Å². The number of hydrogen-bond donors (Lipinski definition) is 0. The summed E-state index contributed by atoms with van der Waals surface area (Å²) in [6.07, 6.45) is 1.85. The van der Waals surface area contributed by atoms with E-state index in [2.05, 4.69) is 29.2 Å². The van der Waals surface area contributed by atoms with Crippen LogP contribution in [0.5, 0.6) is 0 Å². The van der Waals surface area contributed by atoms with Crippen LogP contribution in [-0.2, 0) is 0 Å². The van der Waals surface area contributed by atoms with Gasteiger partial charge in [-0.05, 0) is 0 Å². The van der Waals surface area contributed by atoms with Crippen LogP contribution in [0.15, 0.2) is 41.4 Å². The zero-order valence-electron chi connectivity index (χ0n) is 6.53. The molecular formula is C9H7GaNS. The zero-order chi connectivity index (χ0) is 8.39. The van der Waals surface area contributed by atoms with Crippen LogP contribution in [0.1, 0.15) is 0 Å². The first-order chi connectivity index (χ1) is 5.92. The Labute approximate surface area is 84.3 Å². The Morgan fingerprint density at radius 3 is 2.83 bits per heavy atom. The standard InChI is InChI=1S/C9H7NS.Ga.H/c11-8-5-1-3-7-4-2-6-10-9(7)8;;/h1-6,11H;;/q;+1;/p-1. The van der Waals surface area contributed by atoms with Crippen LogP contribution in [0.4, 0.5) is 0 Å². The first-order valence-electron chi connectivity index (χ1n) is 3.67. The van der Waals surface area contributed by atoms with Crippen LogP contribution in [-0.4, -0.2) is 22.4 Å². The molecule has 2 rings (SSSR count). The molecule has 1 heterocycles. The van der Waals surface area contributed by atoms with E-state index in [0.717, 1.165) is 5.52 Å². The molecule has 0 fully saturated rings. The molecule has 1 aromatic carbocycles. The Morgan fingerprint density at radius 2 is 2.00 bits per heavy atom. The maximum absolute atomic E-state index is 4.35. The van der Waals surface area contributed by atoms with Gasteiger partial charge in [-0.25, -0.2) is 0 Å². The summed E-state index contributed by atoms with van der Waals surface area (Å²) in [5.41, 5.74) is 1.14. The second-order valence-corrected chi connectivity index (χ2v) is 5.02. The van der Waals surface area contributed by atoms with Crippen molar-refractivity contribution in [3.8, 4) is 0 Å². The van der Waals surface area contributed by atoms with Gasteiger partial charge in [-0.15, -0.1) is 0 Å². The number of rotatable bonds is 1. The van der Waals surface area contributed by atoms with E-state index in [-0.39, 0.29) is 0 Å². The Bertz CT molecular complexity index is 397. The summed E-state index contributed by atoms with van der Waals surface area (Å²) < 4.78 is 0. The van der Waals surface area contributed by atoms with E-state index >= 15 is 0 Å². The van der Waals surface area contributed by atoms with Gasteiger partial charge in [0.25, 0.3) is 0 Å². The van der Waals surface area contributed by atoms with E-state index in [9.17, 15) is 0 Å². The van der Waals surface area contributed by atoms with Crippen LogP contribution in [0.25, 0.3) is 10.9 Å². The molecule has 1 aromatic heterocycles. The molecule has 12 heavy (non-hydrogen) atoms. The first kappa shape index (κ1) is 8.23. The molecule has 0 aliphatic rings. The number of para-hydroxylation sites is 1. The minimum absolute atomic E-state index is 1.14. The van der Waals surface area contributed by atoms with Crippen molar-refractivity contribution in [3.63, 3.8) is 0 Å². The molecule has 0 bridgehead atoms. The molecule has 57 valence electrons. The number of hydrogen-bond acceptors (Lipinski definition) is 2. The number of benzene rings is 1. The molecule has 0 aliphatic heterocycles. The van der Waals surface area contributed by atoms with Gasteiger partial charge in [0.2, 0.25) is 0 Å². The van der Waals surface area contributed by atoms with Gasteiger partial charge in [0, 0.05) is 0 Å². The maximum atomic E-state index is 4.35. The van der Waals surface area contributed by atoms with Gasteiger partial charge in [-0.2, -0.15) is 0 Å². The molecule has 0 saturated carbocycles. The molecule has 0 aliphatic carbocycles. The van der Waals surface area contributed by atoms with Gasteiger partial charge in [0.15, 0.2) is 0 Å². The fraction of sp³-hybridized carbons (Fsp3) is 0. The summed E-state index contributed by atoms with van der Waals surface area (Å²) in [7, 11) is 1.86. The van der Waals surface area contributed by atoms with Gasteiger partial charge < -0.3 is 0 Å². The van der Waals surface area contributed by atoms with Crippen molar-refractivity contribution >= 4 is 38.0 Å². The van der Waals surface area contributed by atoms with E-state index in [1.807, 2.05) is 22.0 Å². The first-order valence-corrected chi connectivity index (χ1v) is 8.29. The third-order valence-electron chi connectivity index (χ3n) is 1.75. The molecule has 1 radical (unpaired) electrons. The zero-order valence-corrected chi connectivity index (χ0v) is 10.3. The van der Waals surface area contributed by atoms with Crippen molar-refractivity contribution < 1.29 is 0 Å². The molecular weight excluding hydrogens is 224 g/mol. The van der Waals surface area contributed by atoms with E-state index in [4.69, 9.17) is 0 Å². The van der Waals surface area contributed by atoms with Gasteiger partial charge >= 0.3 is 84.4 Å². The number of nitrogens with zero attached hydrogens (tertiary/aromatic N) is 1. The molecule has 0 atom stereocenters. The van der Waals surface area contributed by atoms with Crippen molar-refractivity contribution in [2.45, 2.75) is 4.90 Å². The molecule has 0 amide bonds. The summed E-state index contributed by atoms with van der Waals surface area (Å²) in [5, 5.41) is 1.23. The van der Waals surface area contributed by atoms with Crippen LogP contribution in [0, 0.1) is 0 Å². The van der Waals surface area contributed by atoms with Crippen LogP contribution >= 0.6 is 9.70 Å². The summed E-state index contributed by atoms with van der Waals surface area (Å²) in [6.45, 7) is 0. The predicted molar refractivity (Wildman–Crippen MR) is 54.7 cm³/mol. The fourth-order valence-electron chi connectivity index (χ4n) is 1.19. The Kier molecular flexibility index (Phi) is 2.44. The predicted octanol–water partition coefficient (Wildman–Crippen LogP) is 2.14. The molecule has 2 aromatic rings. The third kappa shape index (κ3) is 1.40. The molecule has 3 heteroatoms.